The van der Waals surface area contributed by atoms with E-state index >= 15 is 0 Å². The second-order valence-electron chi connectivity index (χ2n) is 5.33. The molecule has 0 aliphatic carbocycles. The van der Waals surface area contributed by atoms with Gasteiger partial charge >= 0.3 is 6.09 Å². The van der Waals surface area contributed by atoms with Gasteiger partial charge in [-0.05, 0) is 26.7 Å². The highest BCUT2D eigenvalue weighted by molar-refractivity contribution is 5.76. The molecule has 6 heteroatoms. The summed E-state index contributed by atoms with van der Waals surface area (Å²) in [5.41, 5.74) is 0. The van der Waals surface area contributed by atoms with Gasteiger partial charge < -0.3 is 19.6 Å². The molecule has 0 atom stereocenters. The Morgan fingerprint density at radius 1 is 1.05 bits per heavy atom. The second kappa shape index (κ2) is 8.79. The van der Waals surface area contributed by atoms with Gasteiger partial charge in [0.15, 0.2) is 0 Å². The molecule has 20 heavy (non-hydrogen) atoms. The Balaban J connectivity index is 2.24. The summed E-state index contributed by atoms with van der Waals surface area (Å²) in [6.45, 7) is 6.05. The Bertz CT molecular complexity index is 312. The first-order valence-corrected chi connectivity index (χ1v) is 7.38. The molecule has 1 rings (SSSR count). The molecule has 0 aromatic heterocycles. The summed E-state index contributed by atoms with van der Waals surface area (Å²) in [4.78, 5) is 27.1. The molecule has 1 aliphatic heterocycles. The van der Waals surface area contributed by atoms with Crippen molar-refractivity contribution in [2.24, 2.45) is 0 Å². The number of amides is 2. The number of hydrogen-bond donors (Lipinski definition) is 1. The molecule has 6 nitrogen and oxygen atoms in total. The monoisotopic (exact) mass is 286 g/mol. The third kappa shape index (κ3) is 5.77. The third-order valence-corrected chi connectivity index (χ3v) is 3.28. The molecule has 0 aromatic rings. The van der Waals surface area contributed by atoms with E-state index in [1.54, 1.807) is 9.80 Å². The molecule has 1 aliphatic rings. The number of aliphatic hydroxyl groups excluding tert-OH is 1. The number of aliphatic hydroxyl groups is 1. The molecule has 0 aromatic carbocycles. The number of carbonyl (C=O) groups excluding carboxylic acids is 2. The Morgan fingerprint density at radius 3 is 2.20 bits per heavy atom. The van der Waals surface area contributed by atoms with Crippen molar-refractivity contribution in [2.75, 3.05) is 32.8 Å². The van der Waals surface area contributed by atoms with E-state index in [1.807, 2.05) is 13.8 Å². The number of hydrogen-bond acceptors (Lipinski definition) is 4. The summed E-state index contributed by atoms with van der Waals surface area (Å²) in [5.74, 6) is 0.139. The smallest absolute Gasteiger partial charge is 0.410 e. The van der Waals surface area contributed by atoms with Crippen LogP contribution in [0.4, 0.5) is 4.79 Å². The fraction of sp³-hybridized carbons (Fsp3) is 0.857. The van der Waals surface area contributed by atoms with Crippen molar-refractivity contribution in [2.45, 2.75) is 45.6 Å². The molecule has 0 spiro atoms. The van der Waals surface area contributed by atoms with Gasteiger partial charge in [0.1, 0.15) is 0 Å². The molecule has 1 N–H and O–H groups in total. The van der Waals surface area contributed by atoms with Crippen molar-refractivity contribution in [3.8, 4) is 0 Å². The fourth-order valence-electron chi connectivity index (χ4n) is 2.14. The van der Waals surface area contributed by atoms with Crippen LogP contribution in [0.3, 0.4) is 0 Å². The number of ether oxygens (including phenoxy) is 1. The van der Waals surface area contributed by atoms with Crippen molar-refractivity contribution < 1.29 is 19.4 Å². The lowest BCUT2D eigenvalue weighted by atomic mass is 10.1. The summed E-state index contributed by atoms with van der Waals surface area (Å²) < 4.78 is 5.14. The van der Waals surface area contributed by atoms with Gasteiger partial charge in [-0.25, -0.2) is 4.79 Å². The average molecular weight is 286 g/mol. The first kappa shape index (κ1) is 16.8. The SMILES string of the molecule is CC(C)OC(=O)N1CCN(C(=O)CCCCCO)CC1. The molecule has 1 saturated heterocycles. The van der Waals surface area contributed by atoms with Crippen LogP contribution in [0, 0.1) is 0 Å². The lowest BCUT2D eigenvalue weighted by Gasteiger charge is -2.34. The van der Waals surface area contributed by atoms with E-state index in [2.05, 4.69) is 0 Å². The van der Waals surface area contributed by atoms with Gasteiger partial charge in [0, 0.05) is 39.2 Å². The van der Waals surface area contributed by atoms with Crippen molar-refractivity contribution >= 4 is 12.0 Å². The zero-order valence-electron chi connectivity index (χ0n) is 12.5. The highest BCUT2D eigenvalue weighted by Gasteiger charge is 2.24. The Labute approximate surface area is 120 Å². The zero-order valence-corrected chi connectivity index (χ0v) is 12.5. The maximum Gasteiger partial charge on any atom is 0.410 e. The van der Waals surface area contributed by atoms with Gasteiger partial charge in [0.2, 0.25) is 5.91 Å². The predicted molar refractivity (Wildman–Crippen MR) is 75.3 cm³/mol. The number of carbonyl (C=O) groups is 2. The zero-order chi connectivity index (χ0) is 15.0. The van der Waals surface area contributed by atoms with E-state index < -0.39 is 0 Å². The van der Waals surface area contributed by atoms with Gasteiger partial charge in [-0.15, -0.1) is 0 Å². The van der Waals surface area contributed by atoms with Crippen molar-refractivity contribution in [3.05, 3.63) is 0 Å². The summed E-state index contributed by atoms with van der Waals surface area (Å²) in [6.07, 6.45) is 2.56. The van der Waals surface area contributed by atoms with Gasteiger partial charge in [-0.2, -0.15) is 0 Å². The van der Waals surface area contributed by atoms with E-state index in [9.17, 15) is 9.59 Å². The summed E-state index contributed by atoms with van der Waals surface area (Å²) in [5, 5.41) is 8.68. The second-order valence-corrected chi connectivity index (χ2v) is 5.33. The van der Waals surface area contributed by atoms with Crippen molar-refractivity contribution in [1.82, 2.24) is 9.80 Å². The lowest BCUT2D eigenvalue weighted by Crippen LogP contribution is -2.51. The molecule has 0 radical (unpaired) electrons. The largest absolute Gasteiger partial charge is 0.447 e. The van der Waals surface area contributed by atoms with Crippen LogP contribution in [0.5, 0.6) is 0 Å². The van der Waals surface area contributed by atoms with Gasteiger partial charge in [-0.1, -0.05) is 6.42 Å². The van der Waals surface area contributed by atoms with E-state index in [-0.39, 0.29) is 24.7 Å². The number of unbranched alkanes of at least 4 members (excludes halogenated alkanes) is 2. The van der Waals surface area contributed by atoms with Crippen LogP contribution in [0.1, 0.15) is 39.5 Å². The van der Waals surface area contributed by atoms with Crippen LogP contribution in [0.15, 0.2) is 0 Å². The Hall–Kier alpha value is -1.30. The minimum absolute atomic E-state index is 0.117. The first-order valence-electron chi connectivity index (χ1n) is 7.38. The minimum Gasteiger partial charge on any atom is -0.447 e. The first-order chi connectivity index (χ1) is 9.54. The topological polar surface area (TPSA) is 70.1 Å². The maximum atomic E-state index is 11.9. The van der Waals surface area contributed by atoms with Crippen LogP contribution in [0.25, 0.3) is 0 Å². The molecule has 0 unspecified atom stereocenters. The average Bonchev–Trinajstić information content (AvgIpc) is 2.43. The Kier molecular flexibility index (Phi) is 7.36. The number of rotatable bonds is 6. The number of nitrogens with zero attached hydrogens (tertiary/aromatic N) is 2. The maximum absolute atomic E-state index is 11.9. The fourth-order valence-corrected chi connectivity index (χ4v) is 2.14. The van der Waals surface area contributed by atoms with Crippen LogP contribution in [-0.2, 0) is 9.53 Å². The standard InChI is InChI=1S/C14H26N2O4/c1-12(2)20-14(19)16-9-7-15(8-10-16)13(18)6-4-3-5-11-17/h12,17H,3-11H2,1-2H3. The van der Waals surface area contributed by atoms with Gasteiger partial charge in [0.05, 0.1) is 6.10 Å². The normalized spacial score (nSPS) is 15.6. The van der Waals surface area contributed by atoms with E-state index in [0.717, 1.165) is 19.3 Å². The molecule has 0 saturated carbocycles. The predicted octanol–water partition coefficient (Wildman–Crippen LogP) is 1.23. The quantitative estimate of drug-likeness (QED) is 0.746. The summed E-state index contributed by atoms with van der Waals surface area (Å²) in [7, 11) is 0. The van der Waals surface area contributed by atoms with Gasteiger partial charge in [0.25, 0.3) is 0 Å². The van der Waals surface area contributed by atoms with E-state index in [4.69, 9.17) is 9.84 Å². The highest BCUT2D eigenvalue weighted by Crippen LogP contribution is 2.09. The van der Waals surface area contributed by atoms with Crippen LogP contribution in [-0.4, -0.2) is 65.8 Å². The molecule has 116 valence electrons. The lowest BCUT2D eigenvalue weighted by molar-refractivity contribution is -0.133. The van der Waals surface area contributed by atoms with Gasteiger partial charge in [-0.3, -0.25) is 4.79 Å². The Morgan fingerprint density at radius 2 is 1.65 bits per heavy atom. The van der Waals surface area contributed by atoms with Crippen molar-refractivity contribution in [1.29, 1.82) is 0 Å². The van der Waals surface area contributed by atoms with E-state index in [1.165, 1.54) is 0 Å². The van der Waals surface area contributed by atoms with Crippen LogP contribution in [0.2, 0.25) is 0 Å². The minimum atomic E-state index is -0.296. The molecule has 0 bridgehead atoms. The van der Waals surface area contributed by atoms with Crippen LogP contribution >= 0.6 is 0 Å². The number of piperazine rings is 1. The third-order valence-electron chi connectivity index (χ3n) is 3.28. The molecular weight excluding hydrogens is 260 g/mol. The molecule has 1 fully saturated rings. The van der Waals surface area contributed by atoms with Crippen molar-refractivity contribution in [3.63, 3.8) is 0 Å². The van der Waals surface area contributed by atoms with Crippen LogP contribution < -0.4 is 0 Å². The molecule has 2 amide bonds. The highest BCUT2D eigenvalue weighted by atomic mass is 16.6. The molecule has 1 heterocycles. The van der Waals surface area contributed by atoms with E-state index in [0.29, 0.717) is 32.6 Å². The molecular formula is C14H26N2O4. The summed E-state index contributed by atoms with van der Waals surface area (Å²) >= 11 is 0. The summed E-state index contributed by atoms with van der Waals surface area (Å²) in [6, 6.07) is 0.